The average Bonchev–Trinajstić information content (AvgIpc) is 3.58. The molecule has 1 aromatic heterocycles. The smallest absolute Gasteiger partial charge is 0.261 e. The number of amides is 1. The molecule has 0 unspecified atom stereocenters. The molecule has 0 radical (unpaired) electrons. The summed E-state index contributed by atoms with van der Waals surface area (Å²) in [5.74, 6) is 2.17. The van der Waals surface area contributed by atoms with Crippen LogP contribution in [-0.4, -0.2) is 44.2 Å². The maximum Gasteiger partial charge on any atom is 0.261 e. The van der Waals surface area contributed by atoms with Gasteiger partial charge in [0.15, 0.2) is 5.13 Å². The summed E-state index contributed by atoms with van der Waals surface area (Å²) >= 11 is 1.50. The number of anilines is 3. The second-order valence-corrected chi connectivity index (χ2v) is 12.0. The molecule has 7 nitrogen and oxygen atoms in total. The topological polar surface area (TPSA) is 58.1 Å². The van der Waals surface area contributed by atoms with E-state index in [2.05, 4.69) is 80.0 Å². The Labute approximate surface area is 262 Å². The van der Waals surface area contributed by atoms with Crippen LogP contribution >= 0.6 is 11.3 Å². The lowest BCUT2D eigenvalue weighted by molar-refractivity contribution is 0.0985. The molecule has 0 aliphatic carbocycles. The largest absolute Gasteiger partial charge is 0.497 e. The fourth-order valence-corrected chi connectivity index (χ4v) is 7.92. The number of fused-ring (bicyclic) bond motifs is 7. The second kappa shape index (κ2) is 10.9. The molecule has 4 aromatic carbocycles. The van der Waals surface area contributed by atoms with E-state index in [9.17, 15) is 4.79 Å². The first-order valence-electron chi connectivity index (χ1n) is 15.3. The van der Waals surface area contributed by atoms with E-state index in [0.717, 1.165) is 81.7 Å². The molecule has 44 heavy (non-hydrogen) atoms. The van der Waals surface area contributed by atoms with Crippen molar-refractivity contribution in [1.29, 1.82) is 0 Å². The number of carbonyl (C=O) groups excluding carboxylic acids is 1. The highest BCUT2D eigenvalue weighted by Gasteiger charge is 2.58. The Hall–Kier alpha value is -4.56. The van der Waals surface area contributed by atoms with Gasteiger partial charge in [-0.25, -0.2) is 4.98 Å². The molecule has 3 heterocycles. The minimum absolute atomic E-state index is 0.0777. The van der Waals surface area contributed by atoms with Gasteiger partial charge < -0.3 is 19.3 Å². The van der Waals surface area contributed by atoms with Crippen molar-refractivity contribution in [2.24, 2.45) is 0 Å². The fourth-order valence-electron chi connectivity index (χ4n) is 6.88. The van der Waals surface area contributed by atoms with E-state index in [0.29, 0.717) is 10.7 Å². The van der Waals surface area contributed by atoms with Gasteiger partial charge >= 0.3 is 0 Å². The minimum Gasteiger partial charge on any atom is -0.497 e. The summed E-state index contributed by atoms with van der Waals surface area (Å²) in [5.41, 5.74) is 5.47. The first-order valence-corrected chi connectivity index (χ1v) is 16.1. The second-order valence-electron chi connectivity index (χ2n) is 11.0. The Kier molecular flexibility index (Phi) is 6.97. The number of hydrogen-bond donors (Lipinski definition) is 0. The van der Waals surface area contributed by atoms with Crippen LogP contribution in [0.3, 0.4) is 0 Å². The molecular weight excluding hydrogens is 568 g/mol. The van der Waals surface area contributed by atoms with Crippen LogP contribution < -0.4 is 24.2 Å². The van der Waals surface area contributed by atoms with E-state index in [1.54, 1.807) is 7.11 Å². The summed E-state index contributed by atoms with van der Waals surface area (Å²) in [4.78, 5) is 26.2. The van der Waals surface area contributed by atoms with E-state index < -0.39 is 5.54 Å². The Bertz CT molecular complexity index is 1830. The summed E-state index contributed by atoms with van der Waals surface area (Å²) in [6.07, 6.45) is 0. The lowest BCUT2D eigenvalue weighted by atomic mass is 9.74. The third kappa shape index (κ3) is 4.00. The van der Waals surface area contributed by atoms with Gasteiger partial charge in [0.05, 0.1) is 17.3 Å². The molecule has 8 heteroatoms. The molecule has 224 valence electrons. The quantitative estimate of drug-likeness (QED) is 0.179. The maximum absolute atomic E-state index is 14.6. The average molecular weight is 605 g/mol. The highest BCUT2D eigenvalue weighted by atomic mass is 32.1. The van der Waals surface area contributed by atoms with Crippen molar-refractivity contribution in [1.82, 2.24) is 4.98 Å². The predicted octanol–water partition coefficient (Wildman–Crippen LogP) is 8.06. The van der Waals surface area contributed by atoms with Crippen LogP contribution in [0.4, 0.5) is 16.5 Å². The molecule has 7 rings (SSSR count). The standard InChI is InChI=1S/C36H36N4O3S/c1-6-38(7-2)23-14-17-28-31(20-23)43-32-21-24(39(8-3)9-4)15-18-29(32)36(28)27-13-11-10-12-26(27)34(41)40(36)35-37-30-19-16-25(42-5)22-33(30)44-35/h10-22H,6-9H2,1-5H3. The molecule has 0 saturated heterocycles. The van der Waals surface area contributed by atoms with Gasteiger partial charge in [-0.1, -0.05) is 41.7 Å². The van der Waals surface area contributed by atoms with Gasteiger partial charge in [0.1, 0.15) is 22.8 Å². The monoisotopic (exact) mass is 604 g/mol. The van der Waals surface area contributed by atoms with Gasteiger partial charge in [0, 0.05) is 71.9 Å². The van der Waals surface area contributed by atoms with E-state index >= 15 is 0 Å². The van der Waals surface area contributed by atoms with Crippen molar-refractivity contribution in [3.05, 3.63) is 101 Å². The first kappa shape index (κ1) is 28.2. The Morgan fingerprint density at radius 3 is 2.00 bits per heavy atom. The fraction of sp³-hybridized carbons (Fsp3) is 0.278. The van der Waals surface area contributed by atoms with E-state index in [1.807, 2.05) is 41.3 Å². The van der Waals surface area contributed by atoms with Crippen LogP contribution in [0, 0.1) is 0 Å². The number of carbonyl (C=O) groups is 1. The number of aromatic nitrogens is 1. The van der Waals surface area contributed by atoms with Gasteiger partial charge in [0.2, 0.25) is 0 Å². The van der Waals surface area contributed by atoms with Gasteiger partial charge in [0.25, 0.3) is 5.91 Å². The summed E-state index contributed by atoms with van der Waals surface area (Å²) in [5, 5.41) is 0.633. The van der Waals surface area contributed by atoms with E-state index in [1.165, 1.54) is 11.3 Å². The van der Waals surface area contributed by atoms with E-state index in [4.69, 9.17) is 14.5 Å². The normalized spacial score (nSPS) is 14.3. The molecule has 1 spiro atoms. The van der Waals surface area contributed by atoms with Crippen LogP contribution in [0.5, 0.6) is 17.2 Å². The van der Waals surface area contributed by atoms with Crippen molar-refractivity contribution in [2.75, 3.05) is 48.0 Å². The molecule has 2 aliphatic rings. The first-order chi connectivity index (χ1) is 21.5. The molecule has 0 saturated carbocycles. The summed E-state index contributed by atoms with van der Waals surface area (Å²) in [6, 6.07) is 26.7. The Morgan fingerprint density at radius 1 is 0.795 bits per heavy atom. The zero-order valence-electron chi connectivity index (χ0n) is 25.8. The number of benzene rings is 4. The Morgan fingerprint density at radius 2 is 1.41 bits per heavy atom. The lowest BCUT2D eigenvalue weighted by Crippen LogP contribution is -2.47. The number of nitrogens with zero attached hydrogens (tertiary/aromatic N) is 4. The van der Waals surface area contributed by atoms with Crippen molar-refractivity contribution >= 4 is 44.0 Å². The van der Waals surface area contributed by atoms with Crippen LogP contribution in [0.2, 0.25) is 0 Å². The number of thiazole rings is 1. The number of ether oxygens (including phenoxy) is 2. The third-order valence-electron chi connectivity index (χ3n) is 9.05. The van der Waals surface area contributed by atoms with Gasteiger partial charge in [-0.2, -0.15) is 0 Å². The van der Waals surface area contributed by atoms with Crippen LogP contribution in [0.25, 0.3) is 10.2 Å². The molecular formula is C36H36N4O3S. The van der Waals surface area contributed by atoms with Crippen LogP contribution in [-0.2, 0) is 5.54 Å². The van der Waals surface area contributed by atoms with Gasteiger partial charge in [-0.3, -0.25) is 9.69 Å². The minimum atomic E-state index is -0.974. The molecule has 0 N–H and O–H groups in total. The Balaban J connectivity index is 1.55. The zero-order valence-corrected chi connectivity index (χ0v) is 26.6. The highest BCUT2D eigenvalue weighted by molar-refractivity contribution is 7.22. The number of hydrogen-bond acceptors (Lipinski definition) is 7. The maximum atomic E-state index is 14.6. The van der Waals surface area contributed by atoms with Crippen molar-refractivity contribution in [3.63, 3.8) is 0 Å². The zero-order chi connectivity index (χ0) is 30.6. The lowest BCUT2D eigenvalue weighted by Gasteiger charge is -2.43. The van der Waals surface area contributed by atoms with Gasteiger partial charge in [-0.15, -0.1) is 0 Å². The molecule has 0 fully saturated rings. The molecule has 1 amide bonds. The predicted molar refractivity (Wildman–Crippen MR) is 179 cm³/mol. The van der Waals surface area contributed by atoms with Crippen molar-refractivity contribution in [2.45, 2.75) is 33.2 Å². The molecule has 5 aromatic rings. The summed E-state index contributed by atoms with van der Waals surface area (Å²) in [6.45, 7) is 12.2. The molecule has 2 aliphatic heterocycles. The van der Waals surface area contributed by atoms with E-state index in [-0.39, 0.29) is 5.91 Å². The third-order valence-corrected chi connectivity index (χ3v) is 10.1. The summed E-state index contributed by atoms with van der Waals surface area (Å²) < 4.78 is 13.3. The molecule has 0 bridgehead atoms. The van der Waals surface area contributed by atoms with Crippen molar-refractivity contribution in [3.8, 4) is 17.2 Å². The van der Waals surface area contributed by atoms with Crippen molar-refractivity contribution < 1.29 is 14.3 Å². The molecule has 0 atom stereocenters. The highest BCUT2D eigenvalue weighted by Crippen LogP contribution is 2.59. The summed E-state index contributed by atoms with van der Waals surface area (Å²) in [7, 11) is 1.66. The van der Waals surface area contributed by atoms with Gasteiger partial charge in [-0.05, 0) is 64.1 Å². The van der Waals surface area contributed by atoms with Crippen LogP contribution in [0.15, 0.2) is 78.9 Å². The number of rotatable bonds is 8. The number of methoxy groups -OCH3 is 1. The SMILES string of the molecule is CCN(CC)c1ccc2c(c1)Oc1cc(N(CC)CC)ccc1C21c2ccccc2C(=O)N1c1nc2ccc(OC)cc2s1. The van der Waals surface area contributed by atoms with Crippen LogP contribution in [0.1, 0.15) is 54.7 Å².